The Kier molecular flexibility index (Phi) is 5.38. The molecule has 5 heteroatoms. The molecule has 0 bridgehead atoms. The lowest BCUT2D eigenvalue weighted by Gasteiger charge is -2.25. The fourth-order valence-electron chi connectivity index (χ4n) is 2.23. The molecule has 1 amide bonds. The molecule has 24 heavy (non-hydrogen) atoms. The first-order valence-corrected chi connectivity index (χ1v) is 7.84. The van der Waals surface area contributed by atoms with Crippen LogP contribution in [0, 0.1) is 16.7 Å². The number of nitriles is 1. The summed E-state index contributed by atoms with van der Waals surface area (Å²) in [5.74, 6) is -0.387. The second-order valence-electron chi connectivity index (χ2n) is 6.27. The summed E-state index contributed by atoms with van der Waals surface area (Å²) in [5.41, 5.74) is 1.55. The summed E-state index contributed by atoms with van der Waals surface area (Å²) >= 11 is 5.99. The van der Waals surface area contributed by atoms with Crippen molar-refractivity contribution >= 4 is 23.1 Å². The van der Waals surface area contributed by atoms with Crippen molar-refractivity contribution in [2.45, 2.75) is 20.8 Å². The normalized spacial score (nSPS) is 12.1. The third-order valence-electron chi connectivity index (χ3n) is 3.42. The molecule has 0 fully saturated rings. The first-order chi connectivity index (χ1) is 11.3. The molecule has 0 radical (unpaired) electrons. The highest BCUT2D eigenvalue weighted by atomic mass is 35.5. The summed E-state index contributed by atoms with van der Waals surface area (Å²) in [7, 11) is 0. The maximum atomic E-state index is 12.6. The fraction of sp³-hybridized carbons (Fsp3) is 0.211. The molecule has 0 unspecified atom stereocenters. The summed E-state index contributed by atoms with van der Waals surface area (Å²) in [6.45, 7) is 5.81. The van der Waals surface area contributed by atoms with Crippen molar-refractivity contribution in [2.24, 2.45) is 5.41 Å². The van der Waals surface area contributed by atoms with Gasteiger partial charge < -0.3 is 5.32 Å². The van der Waals surface area contributed by atoms with E-state index in [4.69, 9.17) is 11.6 Å². The minimum Gasteiger partial charge on any atom is -0.324 e. The largest absolute Gasteiger partial charge is 0.324 e. The minimum absolute atomic E-state index is 0.126. The second kappa shape index (κ2) is 7.29. The summed E-state index contributed by atoms with van der Waals surface area (Å²) in [4.78, 5) is 16.5. The van der Waals surface area contributed by atoms with E-state index >= 15 is 0 Å². The number of benzene rings is 1. The highest BCUT2D eigenvalue weighted by Crippen LogP contribution is 2.31. The lowest BCUT2D eigenvalue weighted by atomic mass is 9.86. The highest BCUT2D eigenvalue weighted by Gasteiger charge is 2.25. The molecular formula is C19H18ClN3O. The van der Waals surface area contributed by atoms with Gasteiger partial charge in [-0.1, -0.05) is 62.7 Å². The first-order valence-electron chi connectivity index (χ1n) is 7.46. The molecular weight excluding hydrogens is 322 g/mol. The van der Waals surface area contributed by atoms with Crippen LogP contribution >= 0.6 is 11.6 Å². The van der Waals surface area contributed by atoms with Gasteiger partial charge in [-0.15, -0.1) is 0 Å². The van der Waals surface area contributed by atoms with Crippen LogP contribution in [0.3, 0.4) is 0 Å². The second-order valence-corrected chi connectivity index (χ2v) is 6.63. The van der Waals surface area contributed by atoms with Crippen LogP contribution < -0.4 is 5.32 Å². The highest BCUT2D eigenvalue weighted by molar-refractivity contribution is 6.32. The van der Waals surface area contributed by atoms with Gasteiger partial charge >= 0.3 is 0 Å². The molecule has 122 valence electrons. The van der Waals surface area contributed by atoms with E-state index in [0.717, 1.165) is 5.56 Å². The number of halogens is 1. The number of allylic oxidation sites excluding steroid dienone is 2. The number of nitrogens with zero attached hydrogens (tertiary/aromatic N) is 2. The lowest BCUT2D eigenvalue weighted by molar-refractivity contribution is 0.0958. The van der Waals surface area contributed by atoms with Gasteiger partial charge in [0.25, 0.3) is 5.91 Å². The number of rotatable bonds is 3. The van der Waals surface area contributed by atoms with Gasteiger partial charge in [-0.05, 0) is 17.7 Å². The molecule has 1 heterocycles. The van der Waals surface area contributed by atoms with Crippen molar-refractivity contribution in [1.82, 2.24) is 10.3 Å². The average Bonchev–Trinajstić information content (AvgIpc) is 2.55. The van der Waals surface area contributed by atoms with Crippen LogP contribution in [0.4, 0.5) is 0 Å². The lowest BCUT2D eigenvalue weighted by Crippen LogP contribution is -2.31. The molecule has 0 aliphatic rings. The van der Waals surface area contributed by atoms with E-state index in [2.05, 4.69) is 16.4 Å². The number of hydrogen-bond acceptors (Lipinski definition) is 3. The molecule has 2 aromatic rings. The molecule has 0 aliphatic heterocycles. The molecule has 1 aromatic heterocycles. The van der Waals surface area contributed by atoms with Gasteiger partial charge in [0.15, 0.2) is 0 Å². The molecule has 1 aromatic carbocycles. The Morgan fingerprint density at radius 2 is 1.83 bits per heavy atom. The van der Waals surface area contributed by atoms with E-state index in [1.54, 1.807) is 12.1 Å². The predicted molar refractivity (Wildman–Crippen MR) is 95.1 cm³/mol. The molecule has 2 rings (SSSR count). The van der Waals surface area contributed by atoms with Gasteiger partial charge in [0.1, 0.15) is 11.2 Å². The molecule has 0 spiro atoms. The SMILES string of the molecule is CC(C)(C)/C(NC(=O)c1cccnc1Cl)=C(\C#N)c1ccccc1. The summed E-state index contributed by atoms with van der Waals surface area (Å²) < 4.78 is 0. The zero-order valence-corrected chi connectivity index (χ0v) is 14.6. The van der Waals surface area contributed by atoms with Gasteiger partial charge in [0, 0.05) is 17.3 Å². The summed E-state index contributed by atoms with van der Waals surface area (Å²) in [5, 5.41) is 12.6. The Labute approximate surface area is 146 Å². The third-order valence-corrected chi connectivity index (χ3v) is 3.72. The fourth-order valence-corrected chi connectivity index (χ4v) is 2.44. The molecule has 1 N–H and O–H groups in total. The number of nitrogens with one attached hydrogen (secondary N) is 1. The van der Waals surface area contributed by atoms with Crippen LogP contribution in [0.1, 0.15) is 36.7 Å². The Morgan fingerprint density at radius 3 is 2.38 bits per heavy atom. The number of pyridine rings is 1. The van der Waals surface area contributed by atoms with Gasteiger partial charge in [0.05, 0.1) is 11.1 Å². The van der Waals surface area contributed by atoms with Crippen molar-refractivity contribution in [3.8, 4) is 6.07 Å². The van der Waals surface area contributed by atoms with Crippen molar-refractivity contribution in [3.05, 3.63) is 70.6 Å². The summed E-state index contributed by atoms with van der Waals surface area (Å²) in [6, 6.07) is 14.7. The van der Waals surface area contributed by atoms with Crippen LogP contribution in [0.15, 0.2) is 54.4 Å². The van der Waals surface area contributed by atoms with Crippen molar-refractivity contribution in [1.29, 1.82) is 5.26 Å². The van der Waals surface area contributed by atoms with E-state index in [1.807, 2.05) is 51.1 Å². The van der Waals surface area contributed by atoms with E-state index in [0.29, 0.717) is 11.3 Å². The Morgan fingerprint density at radius 1 is 1.17 bits per heavy atom. The molecule has 0 aliphatic carbocycles. The molecule has 4 nitrogen and oxygen atoms in total. The predicted octanol–water partition coefficient (Wildman–Crippen LogP) is 4.45. The first kappa shape index (κ1) is 17.7. The number of aromatic nitrogens is 1. The average molecular weight is 340 g/mol. The molecule has 0 atom stereocenters. The maximum Gasteiger partial charge on any atom is 0.258 e. The summed E-state index contributed by atoms with van der Waals surface area (Å²) in [6.07, 6.45) is 1.52. The van der Waals surface area contributed by atoms with Crippen molar-refractivity contribution in [2.75, 3.05) is 0 Å². The standard InChI is InChI=1S/C19H18ClN3O/c1-19(2,3)16(15(12-21)13-8-5-4-6-9-13)23-18(24)14-10-7-11-22-17(14)20/h4-11H,1-3H3,(H,23,24)/b16-15-. The zero-order chi connectivity index (χ0) is 17.7. The van der Waals surface area contributed by atoms with Gasteiger partial charge in [-0.25, -0.2) is 4.98 Å². The van der Waals surface area contributed by atoms with Gasteiger partial charge in [0.2, 0.25) is 0 Å². The molecule has 0 saturated heterocycles. The van der Waals surface area contributed by atoms with Crippen molar-refractivity contribution < 1.29 is 4.79 Å². The van der Waals surface area contributed by atoms with Gasteiger partial charge in [-0.2, -0.15) is 5.26 Å². The van der Waals surface area contributed by atoms with Gasteiger partial charge in [-0.3, -0.25) is 4.79 Å². The topological polar surface area (TPSA) is 65.8 Å². The van der Waals surface area contributed by atoms with Crippen LogP contribution in [0.5, 0.6) is 0 Å². The van der Waals surface area contributed by atoms with E-state index in [1.165, 1.54) is 6.20 Å². The number of carbonyl (C=O) groups is 1. The van der Waals surface area contributed by atoms with E-state index in [-0.39, 0.29) is 16.6 Å². The third kappa shape index (κ3) is 4.01. The smallest absolute Gasteiger partial charge is 0.258 e. The Hall–Kier alpha value is -2.64. The minimum atomic E-state index is -0.439. The number of amides is 1. The Bertz CT molecular complexity index is 814. The number of hydrogen-bond donors (Lipinski definition) is 1. The van der Waals surface area contributed by atoms with E-state index in [9.17, 15) is 10.1 Å². The quantitative estimate of drug-likeness (QED) is 0.663. The van der Waals surface area contributed by atoms with Crippen LogP contribution in [0.2, 0.25) is 5.15 Å². The van der Waals surface area contributed by atoms with E-state index < -0.39 is 5.41 Å². The van der Waals surface area contributed by atoms with Crippen LogP contribution in [-0.2, 0) is 0 Å². The zero-order valence-electron chi connectivity index (χ0n) is 13.8. The van der Waals surface area contributed by atoms with Crippen molar-refractivity contribution in [3.63, 3.8) is 0 Å². The molecule has 0 saturated carbocycles. The van der Waals surface area contributed by atoms with Crippen LogP contribution in [0.25, 0.3) is 5.57 Å². The Balaban J connectivity index is 2.51. The maximum absolute atomic E-state index is 12.6. The number of carbonyl (C=O) groups excluding carboxylic acids is 1. The van der Waals surface area contributed by atoms with Crippen LogP contribution in [-0.4, -0.2) is 10.9 Å². The monoisotopic (exact) mass is 339 g/mol.